The molecule has 2 N–H and O–H groups in total. The van der Waals surface area contributed by atoms with Crippen molar-refractivity contribution in [1.82, 2.24) is 9.21 Å². The first kappa shape index (κ1) is 22.9. The fourth-order valence-corrected chi connectivity index (χ4v) is 4.00. The lowest BCUT2D eigenvalue weighted by Crippen LogP contribution is -2.40. The van der Waals surface area contributed by atoms with Gasteiger partial charge < -0.3 is 15.4 Å². The number of carbonyl (C=O) groups is 1. The molecular weight excluding hydrogens is 378 g/mol. The number of halogens is 1. The minimum Gasteiger partial charge on any atom is -0.379 e. The number of aryl methyl sites for hydroxylation is 1. The molecular formula is C17H28ClN3O4S. The standard InChI is InChI=1S/C17H27N3O4S.ClH/c1-14(13-18)19(2)17(21)8-5-15-3-6-16(7-4-15)25(22,23)20-9-11-24-12-10-20;/h3-4,6-7,14H,5,8-13,18H2,1-2H3;1H. The first-order valence-corrected chi connectivity index (χ1v) is 9.93. The summed E-state index contributed by atoms with van der Waals surface area (Å²) < 4.78 is 31.8. The van der Waals surface area contributed by atoms with Crippen LogP contribution in [0.15, 0.2) is 29.2 Å². The van der Waals surface area contributed by atoms with E-state index >= 15 is 0 Å². The second-order valence-corrected chi connectivity index (χ2v) is 8.19. The van der Waals surface area contributed by atoms with E-state index in [2.05, 4.69) is 0 Å². The maximum absolute atomic E-state index is 12.6. The highest BCUT2D eigenvalue weighted by atomic mass is 35.5. The van der Waals surface area contributed by atoms with Crippen LogP contribution in [0, 0.1) is 0 Å². The Bertz CT molecular complexity index is 676. The first-order valence-electron chi connectivity index (χ1n) is 8.49. The Hall–Kier alpha value is -1.19. The smallest absolute Gasteiger partial charge is 0.243 e. The molecule has 1 aromatic rings. The molecule has 1 amide bonds. The minimum atomic E-state index is -3.47. The summed E-state index contributed by atoms with van der Waals surface area (Å²) in [7, 11) is -1.73. The Morgan fingerprint density at radius 2 is 1.85 bits per heavy atom. The van der Waals surface area contributed by atoms with Crippen molar-refractivity contribution < 1.29 is 17.9 Å². The van der Waals surface area contributed by atoms with Crippen LogP contribution in [0.3, 0.4) is 0 Å². The molecule has 1 saturated heterocycles. The van der Waals surface area contributed by atoms with Gasteiger partial charge in [0, 0.05) is 39.1 Å². The van der Waals surface area contributed by atoms with E-state index in [1.165, 1.54) is 4.31 Å². The molecule has 0 saturated carbocycles. The zero-order valence-electron chi connectivity index (χ0n) is 15.3. The Morgan fingerprint density at radius 1 is 1.27 bits per heavy atom. The van der Waals surface area contributed by atoms with Gasteiger partial charge in [-0.25, -0.2) is 8.42 Å². The molecule has 0 spiro atoms. The minimum absolute atomic E-state index is 0. The van der Waals surface area contributed by atoms with Crippen LogP contribution in [0.25, 0.3) is 0 Å². The lowest BCUT2D eigenvalue weighted by Gasteiger charge is -2.26. The van der Waals surface area contributed by atoms with Crippen molar-refractivity contribution in [2.75, 3.05) is 39.9 Å². The number of sulfonamides is 1. The van der Waals surface area contributed by atoms with Crippen LogP contribution in [0.2, 0.25) is 0 Å². The normalized spacial score (nSPS) is 16.6. The quantitative estimate of drug-likeness (QED) is 0.726. The number of ether oxygens (including phenoxy) is 1. The van der Waals surface area contributed by atoms with Crippen molar-refractivity contribution in [2.24, 2.45) is 5.73 Å². The topological polar surface area (TPSA) is 92.9 Å². The summed E-state index contributed by atoms with van der Waals surface area (Å²) in [5.41, 5.74) is 6.51. The Morgan fingerprint density at radius 3 is 2.38 bits per heavy atom. The second-order valence-electron chi connectivity index (χ2n) is 6.25. The molecule has 0 aliphatic carbocycles. The third-order valence-electron chi connectivity index (χ3n) is 4.55. The van der Waals surface area contributed by atoms with Gasteiger partial charge in [-0.05, 0) is 31.0 Å². The van der Waals surface area contributed by atoms with E-state index in [0.29, 0.717) is 45.7 Å². The van der Waals surface area contributed by atoms with Crippen molar-refractivity contribution in [3.63, 3.8) is 0 Å². The van der Waals surface area contributed by atoms with Gasteiger partial charge in [-0.3, -0.25) is 4.79 Å². The largest absolute Gasteiger partial charge is 0.379 e. The molecule has 2 rings (SSSR count). The van der Waals surface area contributed by atoms with Crippen LogP contribution in [-0.4, -0.2) is 69.5 Å². The molecule has 0 aromatic heterocycles. The van der Waals surface area contributed by atoms with Gasteiger partial charge in [0.25, 0.3) is 0 Å². The zero-order chi connectivity index (χ0) is 18.4. The second kappa shape index (κ2) is 10.2. The van der Waals surface area contributed by atoms with Crippen LogP contribution >= 0.6 is 12.4 Å². The molecule has 1 aliphatic heterocycles. The lowest BCUT2D eigenvalue weighted by molar-refractivity contribution is -0.131. The van der Waals surface area contributed by atoms with Crippen LogP contribution < -0.4 is 5.73 Å². The maximum Gasteiger partial charge on any atom is 0.243 e. The molecule has 1 unspecified atom stereocenters. The van der Waals surface area contributed by atoms with Crippen molar-refractivity contribution in [1.29, 1.82) is 0 Å². The highest BCUT2D eigenvalue weighted by Gasteiger charge is 2.26. The highest BCUT2D eigenvalue weighted by molar-refractivity contribution is 7.89. The SMILES string of the molecule is CC(CN)N(C)C(=O)CCc1ccc(S(=O)(=O)N2CCOCC2)cc1.Cl. The predicted molar refractivity (Wildman–Crippen MR) is 103 cm³/mol. The van der Waals surface area contributed by atoms with Gasteiger partial charge in [-0.2, -0.15) is 4.31 Å². The molecule has 0 radical (unpaired) electrons. The van der Waals surface area contributed by atoms with E-state index in [9.17, 15) is 13.2 Å². The number of morpholine rings is 1. The van der Waals surface area contributed by atoms with Crippen LogP contribution in [0.4, 0.5) is 0 Å². The van der Waals surface area contributed by atoms with E-state index in [4.69, 9.17) is 10.5 Å². The number of hydrogen-bond acceptors (Lipinski definition) is 5. The van der Waals surface area contributed by atoms with Gasteiger partial charge in [0.2, 0.25) is 15.9 Å². The lowest BCUT2D eigenvalue weighted by atomic mass is 10.1. The maximum atomic E-state index is 12.6. The molecule has 148 valence electrons. The van der Waals surface area contributed by atoms with E-state index in [1.54, 1.807) is 36.2 Å². The molecule has 1 atom stereocenters. The molecule has 0 bridgehead atoms. The Labute approximate surface area is 161 Å². The van der Waals surface area contributed by atoms with Gasteiger partial charge in [-0.1, -0.05) is 12.1 Å². The van der Waals surface area contributed by atoms with E-state index in [-0.39, 0.29) is 29.3 Å². The molecule has 1 heterocycles. The molecule has 26 heavy (non-hydrogen) atoms. The van der Waals surface area contributed by atoms with E-state index in [0.717, 1.165) is 5.56 Å². The molecule has 9 heteroatoms. The number of likely N-dealkylation sites (N-methyl/N-ethyl adjacent to an activating group) is 1. The van der Waals surface area contributed by atoms with Gasteiger partial charge in [-0.15, -0.1) is 12.4 Å². The highest BCUT2D eigenvalue weighted by Crippen LogP contribution is 2.18. The van der Waals surface area contributed by atoms with Gasteiger partial charge >= 0.3 is 0 Å². The number of hydrogen-bond donors (Lipinski definition) is 1. The third-order valence-corrected chi connectivity index (χ3v) is 6.47. The third kappa shape index (κ3) is 5.65. The molecule has 7 nitrogen and oxygen atoms in total. The van der Waals surface area contributed by atoms with Gasteiger partial charge in [0.1, 0.15) is 0 Å². The summed E-state index contributed by atoms with van der Waals surface area (Å²) in [6, 6.07) is 6.77. The Kier molecular flexibility index (Phi) is 8.99. The average molecular weight is 406 g/mol. The zero-order valence-corrected chi connectivity index (χ0v) is 16.9. The number of nitrogens with two attached hydrogens (primary N) is 1. The first-order chi connectivity index (χ1) is 11.9. The number of carbonyl (C=O) groups excluding carboxylic acids is 1. The van der Waals surface area contributed by atoms with Crippen molar-refractivity contribution in [3.05, 3.63) is 29.8 Å². The monoisotopic (exact) mass is 405 g/mol. The van der Waals surface area contributed by atoms with Gasteiger partial charge in [0.15, 0.2) is 0 Å². The van der Waals surface area contributed by atoms with Crippen molar-refractivity contribution in [3.8, 4) is 0 Å². The summed E-state index contributed by atoms with van der Waals surface area (Å²) in [5, 5.41) is 0. The van der Waals surface area contributed by atoms with Crippen molar-refractivity contribution in [2.45, 2.75) is 30.7 Å². The van der Waals surface area contributed by atoms with Crippen molar-refractivity contribution >= 4 is 28.3 Å². The fraction of sp³-hybridized carbons (Fsp3) is 0.588. The summed E-state index contributed by atoms with van der Waals surface area (Å²) >= 11 is 0. The molecule has 1 aromatic carbocycles. The number of nitrogens with zero attached hydrogens (tertiary/aromatic N) is 2. The average Bonchev–Trinajstić information content (AvgIpc) is 2.65. The summed E-state index contributed by atoms with van der Waals surface area (Å²) in [4.78, 5) is 14.0. The fourth-order valence-electron chi connectivity index (χ4n) is 2.60. The summed E-state index contributed by atoms with van der Waals surface area (Å²) in [5.74, 6) is 0.0305. The van der Waals surface area contributed by atoms with Crippen LogP contribution in [0.1, 0.15) is 18.9 Å². The molecule has 1 fully saturated rings. The Balaban J connectivity index is 0.00000338. The molecule has 1 aliphatic rings. The van der Waals surface area contributed by atoms with E-state index in [1.807, 2.05) is 6.92 Å². The summed E-state index contributed by atoms with van der Waals surface area (Å²) in [6.45, 7) is 3.94. The van der Waals surface area contributed by atoms with Crippen LogP contribution in [-0.2, 0) is 26.0 Å². The predicted octanol–water partition coefficient (Wildman–Crippen LogP) is 0.868. The number of benzene rings is 1. The number of rotatable bonds is 7. The van der Waals surface area contributed by atoms with Gasteiger partial charge in [0.05, 0.1) is 18.1 Å². The van der Waals surface area contributed by atoms with E-state index < -0.39 is 10.0 Å². The van der Waals surface area contributed by atoms with Crippen LogP contribution in [0.5, 0.6) is 0 Å². The summed E-state index contributed by atoms with van der Waals surface area (Å²) in [6.07, 6.45) is 0.939. The number of amides is 1.